The molecule has 0 aromatic carbocycles. The molecule has 1 fully saturated rings. The van der Waals surface area contributed by atoms with Crippen LogP contribution in [0.4, 0.5) is 5.82 Å². The van der Waals surface area contributed by atoms with Crippen LogP contribution in [0, 0.1) is 12.8 Å². The summed E-state index contributed by atoms with van der Waals surface area (Å²) in [6.07, 6.45) is 3.63. The van der Waals surface area contributed by atoms with Crippen molar-refractivity contribution in [2.24, 2.45) is 5.92 Å². The number of nitrogens with zero attached hydrogens (tertiary/aromatic N) is 3. The molecular formula is C12H17ClN4O. The minimum atomic E-state index is 0.0249. The Morgan fingerprint density at radius 3 is 3.11 bits per heavy atom. The van der Waals surface area contributed by atoms with E-state index in [9.17, 15) is 4.79 Å². The number of nitrogens with one attached hydrogen (secondary N) is 1. The third-order valence-corrected chi connectivity index (χ3v) is 3.44. The van der Waals surface area contributed by atoms with Crippen LogP contribution in [0.25, 0.3) is 0 Å². The predicted molar refractivity (Wildman–Crippen MR) is 70.8 cm³/mol. The molecule has 1 aliphatic rings. The van der Waals surface area contributed by atoms with E-state index >= 15 is 0 Å². The molecule has 18 heavy (non-hydrogen) atoms. The third-order valence-electron chi connectivity index (χ3n) is 3.25. The molecule has 1 aromatic rings. The summed E-state index contributed by atoms with van der Waals surface area (Å²) in [5.74, 6) is 0.956. The highest BCUT2D eigenvalue weighted by Gasteiger charge is 2.26. The third kappa shape index (κ3) is 2.72. The minimum absolute atomic E-state index is 0.0249. The Kier molecular flexibility index (Phi) is 4.01. The molecule has 1 atom stereocenters. The first-order valence-electron chi connectivity index (χ1n) is 6.07. The van der Waals surface area contributed by atoms with Crippen LogP contribution in [0.3, 0.4) is 0 Å². The normalized spacial score (nSPS) is 19.7. The Bertz CT molecular complexity index is 452. The summed E-state index contributed by atoms with van der Waals surface area (Å²) >= 11 is 5.83. The highest BCUT2D eigenvalue weighted by atomic mass is 35.5. The largest absolute Gasteiger partial charge is 0.359 e. The molecule has 6 heteroatoms. The fourth-order valence-corrected chi connectivity index (χ4v) is 2.45. The standard InChI is InChI=1S/C12H17ClN4O/c1-8-6-15-12(13)16-10(8)17-5-3-4-9(7-17)11(18)14-2/h6,9H,3-5,7H2,1-2H3,(H,14,18). The molecular weight excluding hydrogens is 252 g/mol. The minimum Gasteiger partial charge on any atom is -0.359 e. The molecule has 2 rings (SSSR count). The molecule has 2 heterocycles. The molecule has 1 amide bonds. The van der Waals surface area contributed by atoms with E-state index in [1.54, 1.807) is 13.2 Å². The Hall–Kier alpha value is -1.36. The number of rotatable bonds is 2. The van der Waals surface area contributed by atoms with Crippen LogP contribution in [0.2, 0.25) is 5.28 Å². The molecule has 5 nitrogen and oxygen atoms in total. The quantitative estimate of drug-likeness (QED) is 0.824. The number of anilines is 1. The van der Waals surface area contributed by atoms with Crippen LogP contribution in [0.5, 0.6) is 0 Å². The van der Waals surface area contributed by atoms with Crippen LogP contribution in [0.1, 0.15) is 18.4 Å². The molecule has 1 aliphatic heterocycles. The summed E-state index contributed by atoms with van der Waals surface area (Å²) in [4.78, 5) is 22.0. The SMILES string of the molecule is CNC(=O)C1CCCN(c2nc(Cl)ncc2C)C1. The summed E-state index contributed by atoms with van der Waals surface area (Å²) in [6, 6.07) is 0. The van der Waals surface area contributed by atoms with Crippen molar-refractivity contribution in [2.45, 2.75) is 19.8 Å². The van der Waals surface area contributed by atoms with E-state index < -0.39 is 0 Å². The van der Waals surface area contributed by atoms with Crippen molar-refractivity contribution in [2.75, 3.05) is 25.0 Å². The zero-order chi connectivity index (χ0) is 13.1. The van der Waals surface area contributed by atoms with Gasteiger partial charge < -0.3 is 10.2 Å². The van der Waals surface area contributed by atoms with Crippen LogP contribution in [-0.4, -0.2) is 36.0 Å². The number of carbonyl (C=O) groups excluding carboxylic acids is 1. The smallest absolute Gasteiger partial charge is 0.224 e. The number of aromatic nitrogens is 2. The van der Waals surface area contributed by atoms with Crippen molar-refractivity contribution in [1.29, 1.82) is 0 Å². The van der Waals surface area contributed by atoms with Gasteiger partial charge in [0.1, 0.15) is 5.82 Å². The van der Waals surface area contributed by atoms with Gasteiger partial charge in [0.25, 0.3) is 0 Å². The first kappa shape index (κ1) is 13.1. The second-order valence-electron chi connectivity index (χ2n) is 4.55. The lowest BCUT2D eigenvalue weighted by atomic mass is 9.97. The van der Waals surface area contributed by atoms with E-state index in [0.29, 0.717) is 6.54 Å². The van der Waals surface area contributed by atoms with Crippen molar-refractivity contribution in [3.63, 3.8) is 0 Å². The van der Waals surface area contributed by atoms with E-state index in [0.717, 1.165) is 30.8 Å². The number of halogens is 1. The van der Waals surface area contributed by atoms with Crippen LogP contribution >= 0.6 is 11.6 Å². The maximum atomic E-state index is 11.7. The molecule has 0 saturated carbocycles. The number of amides is 1. The predicted octanol–water partition coefficient (Wildman–Crippen LogP) is 1.40. The summed E-state index contributed by atoms with van der Waals surface area (Å²) in [7, 11) is 1.67. The number of piperidine rings is 1. The second kappa shape index (κ2) is 5.52. The first-order chi connectivity index (χ1) is 8.61. The fraction of sp³-hybridized carbons (Fsp3) is 0.583. The lowest BCUT2D eigenvalue weighted by Gasteiger charge is -2.33. The molecule has 1 saturated heterocycles. The average Bonchev–Trinajstić information content (AvgIpc) is 2.40. The van der Waals surface area contributed by atoms with Crippen molar-refractivity contribution in [1.82, 2.24) is 15.3 Å². The lowest BCUT2D eigenvalue weighted by molar-refractivity contribution is -0.124. The highest BCUT2D eigenvalue weighted by Crippen LogP contribution is 2.24. The molecule has 1 unspecified atom stereocenters. The van der Waals surface area contributed by atoms with E-state index in [-0.39, 0.29) is 17.1 Å². The zero-order valence-electron chi connectivity index (χ0n) is 10.6. The van der Waals surface area contributed by atoms with Gasteiger partial charge in [0.2, 0.25) is 11.2 Å². The van der Waals surface area contributed by atoms with Crippen molar-refractivity contribution >= 4 is 23.3 Å². The molecule has 0 aliphatic carbocycles. The Morgan fingerprint density at radius 1 is 1.61 bits per heavy atom. The van der Waals surface area contributed by atoms with Gasteiger partial charge in [0, 0.05) is 31.9 Å². The molecule has 0 radical (unpaired) electrons. The molecule has 1 N–H and O–H groups in total. The summed E-state index contributed by atoms with van der Waals surface area (Å²) in [5.41, 5.74) is 0.983. The zero-order valence-corrected chi connectivity index (χ0v) is 11.4. The maximum Gasteiger partial charge on any atom is 0.224 e. The van der Waals surface area contributed by atoms with E-state index in [1.165, 1.54) is 0 Å². The topological polar surface area (TPSA) is 58.1 Å². The molecule has 98 valence electrons. The van der Waals surface area contributed by atoms with Crippen molar-refractivity contribution in [3.05, 3.63) is 17.0 Å². The van der Waals surface area contributed by atoms with Gasteiger partial charge in [-0.15, -0.1) is 0 Å². The van der Waals surface area contributed by atoms with E-state index in [2.05, 4.69) is 20.2 Å². The number of hydrogen-bond donors (Lipinski definition) is 1. The van der Waals surface area contributed by atoms with Gasteiger partial charge in [0.05, 0.1) is 5.92 Å². The Balaban J connectivity index is 2.18. The summed E-state index contributed by atoms with van der Waals surface area (Å²) < 4.78 is 0. The summed E-state index contributed by atoms with van der Waals surface area (Å²) in [5, 5.41) is 2.96. The van der Waals surface area contributed by atoms with Gasteiger partial charge in [-0.25, -0.2) is 9.97 Å². The monoisotopic (exact) mass is 268 g/mol. The van der Waals surface area contributed by atoms with Crippen molar-refractivity contribution in [3.8, 4) is 0 Å². The van der Waals surface area contributed by atoms with Gasteiger partial charge >= 0.3 is 0 Å². The first-order valence-corrected chi connectivity index (χ1v) is 6.45. The number of carbonyl (C=O) groups is 1. The van der Waals surface area contributed by atoms with Gasteiger partial charge in [-0.2, -0.15) is 0 Å². The van der Waals surface area contributed by atoms with E-state index in [4.69, 9.17) is 11.6 Å². The van der Waals surface area contributed by atoms with Crippen LogP contribution < -0.4 is 10.2 Å². The lowest BCUT2D eigenvalue weighted by Crippen LogP contribution is -2.42. The van der Waals surface area contributed by atoms with E-state index in [1.807, 2.05) is 6.92 Å². The van der Waals surface area contributed by atoms with Crippen LogP contribution in [-0.2, 0) is 4.79 Å². The van der Waals surface area contributed by atoms with Gasteiger partial charge in [-0.05, 0) is 31.4 Å². The second-order valence-corrected chi connectivity index (χ2v) is 4.88. The number of aryl methyl sites for hydroxylation is 1. The van der Waals surface area contributed by atoms with Gasteiger partial charge in [-0.1, -0.05) is 0 Å². The summed E-state index contributed by atoms with van der Waals surface area (Å²) in [6.45, 7) is 3.55. The molecule has 1 aromatic heterocycles. The molecule has 0 bridgehead atoms. The van der Waals surface area contributed by atoms with Crippen LogP contribution in [0.15, 0.2) is 6.20 Å². The average molecular weight is 269 g/mol. The highest BCUT2D eigenvalue weighted by molar-refractivity contribution is 6.28. The van der Waals surface area contributed by atoms with Gasteiger partial charge in [-0.3, -0.25) is 4.79 Å². The molecule has 0 spiro atoms. The fourth-order valence-electron chi connectivity index (χ4n) is 2.32. The van der Waals surface area contributed by atoms with Crippen molar-refractivity contribution < 1.29 is 4.79 Å². The Morgan fingerprint density at radius 2 is 2.39 bits per heavy atom. The van der Waals surface area contributed by atoms with Gasteiger partial charge in [0.15, 0.2) is 0 Å². The number of hydrogen-bond acceptors (Lipinski definition) is 4. The Labute approximate surface area is 112 Å². The maximum absolute atomic E-state index is 11.7.